The normalized spacial score (nSPS) is 12.7. The SMILES string of the molecule is CC(C)(C)OC(=O)n1c(C(C)(C)C)cc2ccccc21. The Labute approximate surface area is 120 Å². The maximum Gasteiger partial charge on any atom is 0.419 e. The lowest BCUT2D eigenvalue weighted by atomic mass is 9.92. The highest BCUT2D eigenvalue weighted by molar-refractivity contribution is 5.91. The van der Waals surface area contributed by atoms with Gasteiger partial charge in [0.2, 0.25) is 0 Å². The molecule has 108 valence electrons. The third kappa shape index (κ3) is 2.87. The lowest BCUT2D eigenvalue weighted by Gasteiger charge is -2.24. The van der Waals surface area contributed by atoms with Crippen LogP contribution in [-0.2, 0) is 10.2 Å². The van der Waals surface area contributed by atoms with Crippen LogP contribution in [-0.4, -0.2) is 16.3 Å². The van der Waals surface area contributed by atoms with Gasteiger partial charge in [0.05, 0.1) is 5.52 Å². The quantitative estimate of drug-likeness (QED) is 0.695. The monoisotopic (exact) mass is 273 g/mol. The minimum Gasteiger partial charge on any atom is -0.443 e. The van der Waals surface area contributed by atoms with E-state index < -0.39 is 5.60 Å². The van der Waals surface area contributed by atoms with Gasteiger partial charge in [-0.1, -0.05) is 39.0 Å². The molecule has 0 aliphatic heterocycles. The topological polar surface area (TPSA) is 31.2 Å². The first-order valence-corrected chi connectivity index (χ1v) is 6.94. The van der Waals surface area contributed by atoms with Crippen molar-refractivity contribution in [2.45, 2.75) is 52.6 Å². The smallest absolute Gasteiger partial charge is 0.419 e. The van der Waals surface area contributed by atoms with Crippen LogP contribution >= 0.6 is 0 Å². The molecule has 0 aliphatic rings. The van der Waals surface area contributed by atoms with Crippen LogP contribution < -0.4 is 0 Å². The van der Waals surface area contributed by atoms with Gasteiger partial charge < -0.3 is 4.74 Å². The molecule has 0 atom stereocenters. The summed E-state index contributed by atoms with van der Waals surface area (Å²) < 4.78 is 7.25. The van der Waals surface area contributed by atoms with Crippen LogP contribution in [0, 0.1) is 0 Å². The van der Waals surface area contributed by atoms with Crippen LogP contribution in [0.1, 0.15) is 47.2 Å². The fraction of sp³-hybridized carbons (Fsp3) is 0.471. The van der Waals surface area contributed by atoms with Crippen molar-refractivity contribution in [1.82, 2.24) is 4.57 Å². The zero-order valence-corrected chi connectivity index (χ0v) is 13.2. The Morgan fingerprint density at radius 3 is 2.20 bits per heavy atom. The third-order valence-corrected chi connectivity index (χ3v) is 3.06. The molecule has 1 heterocycles. The Hall–Kier alpha value is -1.77. The first-order valence-electron chi connectivity index (χ1n) is 6.94. The van der Waals surface area contributed by atoms with E-state index in [9.17, 15) is 4.79 Å². The standard InChI is InChI=1S/C17H23NO2/c1-16(2,3)14-11-12-9-7-8-10-13(12)18(14)15(19)20-17(4,5)6/h7-11H,1-6H3. The van der Waals surface area contributed by atoms with Gasteiger partial charge in [-0.2, -0.15) is 0 Å². The van der Waals surface area contributed by atoms with E-state index in [0.29, 0.717) is 0 Å². The molecule has 20 heavy (non-hydrogen) atoms. The highest BCUT2D eigenvalue weighted by Gasteiger charge is 2.27. The number of rotatable bonds is 0. The molecule has 1 aromatic carbocycles. The van der Waals surface area contributed by atoms with E-state index in [0.717, 1.165) is 16.6 Å². The highest BCUT2D eigenvalue weighted by atomic mass is 16.6. The number of para-hydroxylation sites is 1. The Balaban J connectivity index is 2.63. The summed E-state index contributed by atoms with van der Waals surface area (Å²) in [5.41, 5.74) is 1.23. The number of aromatic nitrogens is 1. The van der Waals surface area contributed by atoms with E-state index in [1.165, 1.54) is 0 Å². The maximum atomic E-state index is 12.5. The molecule has 2 rings (SSSR count). The molecule has 0 unspecified atom stereocenters. The van der Waals surface area contributed by atoms with Crippen molar-refractivity contribution in [2.24, 2.45) is 0 Å². The van der Waals surface area contributed by atoms with Crippen LogP contribution in [0.2, 0.25) is 0 Å². The summed E-state index contributed by atoms with van der Waals surface area (Å²) in [7, 11) is 0. The van der Waals surface area contributed by atoms with E-state index in [1.807, 2.05) is 45.0 Å². The molecule has 3 nitrogen and oxygen atoms in total. The van der Waals surface area contributed by atoms with Gasteiger partial charge in [0.25, 0.3) is 0 Å². The Morgan fingerprint density at radius 2 is 1.65 bits per heavy atom. The van der Waals surface area contributed by atoms with Crippen molar-refractivity contribution >= 4 is 17.0 Å². The van der Waals surface area contributed by atoms with Gasteiger partial charge in [-0.25, -0.2) is 9.36 Å². The number of hydrogen-bond donors (Lipinski definition) is 0. The second-order valence-electron chi connectivity index (χ2n) is 7.15. The molecule has 0 aliphatic carbocycles. The first kappa shape index (κ1) is 14.6. The van der Waals surface area contributed by atoms with Crippen molar-refractivity contribution in [3.8, 4) is 0 Å². The van der Waals surface area contributed by atoms with E-state index in [4.69, 9.17) is 4.74 Å². The number of nitrogens with zero attached hydrogens (tertiary/aromatic N) is 1. The molecular formula is C17H23NO2. The van der Waals surface area contributed by atoms with Crippen LogP contribution in [0.25, 0.3) is 10.9 Å². The average Bonchev–Trinajstić information content (AvgIpc) is 2.65. The number of hydrogen-bond acceptors (Lipinski definition) is 2. The Kier molecular flexibility index (Phi) is 3.41. The number of benzene rings is 1. The lowest BCUT2D eigenvalue weighted by molar-refractivity contribution is 0.0535. The minimum atomic E-state index is -0.502. The average molecular weight is 273 g/mol. The van der Waals surface area contributed by atoms with Gasteiger partial charge in [0.1, 0.15) is 5.60 Å². The number of fused-ring (bicyclic) bond motifs is 1. The summed E-state index contributed by atoms with van der Waals surface area (Å²) in [6.07, 6.45) is -0.316. The van der Waals surface area contributed by atoms with Crippen LogP contribution in [0.4, 0.5) is 4.79 Å². The largest absolute Gasteiger partial charge is 0.443 e. The summed E-state index contributed by atoms with van der Waals surface area (Å²) in [6.45, 7) is 11.9. The molecule has 0 radical (unpaired) electrons. The molecular weight excluding hydrogens is 250 g/mol. The van der Waals surface area contributed by atoms with Crippen LogP contribution in [0.5, 0.6) is 0 Å². The molecule has 3 heteroatoms. The molecule has 2 aromatic rings. The molecule has 0 spiro atoms. The van der Waals surface area contributed by atoms with Crippen molar-refractivity contribution in [1.29, 1.82) is 0 Å². The van der Waals surface area contributed by atoms with Gasteiger partial charge in [0, 0.05) is 16.5 Å². The summed E-state index contributed by atoms with van der Waals surface area (Å²) in [5.74, 6) is 0. The van der Waals surface area contributed by atoms with Crippen molar-refractivity contribution in [2.75, 3.05) is 0 Å². The number of carbonyl (C=O) groups is 1. The molecule has 0 fully saturated rings. The Morgan fingerprint density at radius 1 is 1.05 bits per heavy atom. The van der Waals surface area contributed by atoms with E-state index >= 15 is 0 Å². The fourth-order valence-electron chi connectivity index (χ4n) is 2.21. The van der Waals surface area contributed by atoms with Crippen LogP contribution in [0.15, 0.2) is 30.3 Å². The number of ether oxygens (including phenoxy) is 1. The Bertz CT molecular complexity index is 639. The molecule has 0 saturated heterocycles. The zero-order valence-electron chi connectivity index (χ0n) is 13.2. The van der Waals surface area contributed by atoms with Gasteiger partial charge >= 0.3 is 6.09 Å². The van der Waals surface area contributed by atoms with E-state index in [1.54, 1.807) is 4.57 Å². The summed E-state index contributed by atoms with van der Waals surface area (Å²) in [5, 5.41) is 1.06. The van der Waals surface area contributed by atoms with Gasteiger partial charge in [-0.15, -0.1) is 0 Å². The van der Waals surface area contributed by atoms with Crippen LogP contribution in [0.3, 0.4) is 0 Å². The number of carbonyl (C=O) groups excluding carboxylic acids is 1. The molecule has 1 aromatic heterocycles. The first-order chi connectivity index (χ1) is 9.09. The zero-order chi connectivity index (χ0) is 15.1. The van der Waals surface area contributed by atoms with Crippen molar-refractivity contribution in [3.63, 3.8) is 0 Å². The minimum absolute atomic E-state index is 0.129. The van der Waals surface area contributed by atoms with Gasteiger partial charge in [0.15, 0.2) is 0 Å². The molecule has 0 N–H and O–H groups in total. The van der Waals surface area contributed by atoms with Gasteiger partial charge in [-0.05, 0) is 32.9 Å². The third-order valence-electron chi connectivity index (χ3n) is 3.06. The van der Waals surface area contributed by atoms with E-state index in [2.05, 4.69) is 26.8 Å². The maximum absolute atomic E-state index is 12.5. The summed E-state index contributed by atoms with van der Waals surface area (Å²) in [4.78, 5) is 12.5. The predicted molar refractivity (Wildman–Crippen MR) is 82.3 cm³/mol. The molecule has 0 bridgehead atoms. The lowest BCUT2D eigenvalue weighted by Crippen LogP contribution is -2.30. The van der Waals surface area contributed by atoms with Gasteiger partial charge in [-0.3, -0.25) is 0 Å². The predicted octanol–water partition coefficient (Wildman–Crippen LogP) is 4.72. The second kappa shape index (κ2) is 4.65. The van der Waals surface area contributed by atoms with E-state index in [-0.39, 0.29) is 11.5 Å². The second-order valence-corrected chi connectivity index (χ2v) is 7.15. The summed E-state index contributed by atoms with van der Waals surface area (Å²) >= 11 is 0. The fourth-order valence-corrected chi connectivity index (χ4v) is 2.21. The summed E-state index contributed by atoms with van der Waals surface area (Å²) in [6, 6.07) is 9.96. The molecule has 0 amide bonds. The molecule has 0 saturated carbocycles. The van der Waals surface area contributed by atoms with Crippen molar-refractivity contribution < 1.29 is 9.53 Å². The highest BCUT2D eigenvalue weighted by Crippen LogP contribution is 2.30. The van der Waals surface area contributed by atoms with Crippen molar-refractivity contribution in [3.05, 3.63) is 36.0 Å².